The Morgan fingerprint density at radius 1 is 1.25 bits per heavy atom. The zero-order valence-electron chi connectivity index (χ0n) is 6.20. The van der Waals surface area contributed by atoms with Crippen molar-refractivity contribution in [2.75, 3.05) is 6.61 Å². The average molecular weight is 180 g/mol. The molecule has 0 radical (unpaired) electrons. The molecule has 1 fully saturated rings. The van der Waals surface area contributed by atoms with Gasteiger partial charge in [0.15, 0.2) is 11.9 Å². The highest BCUT2D eigenvalue weighted by molar-refractivity contribution is 5.11. The van der Waals surface area contributed by atoms with Gasteiger partial charge in [-0.1, -0.05) is 0 Å². The standard InChI is InChI=1S/C6H12O6/c7-1-2-3(8)4(9)6(2,12)5(10)11/h2-5,7-12H,1H2/t2?,3-,4?,6?/m1/s1. The van der Waals surface area contributed by atoms with Crippen molar-refractivity contribution in [1.29, 1.82) is 0 Å². The van der Waals surface area contributed by atoms with Gasteiger partial charge in [-0.25, -0.2) is 0 Å². The Labute approximate surface area is 68.3 Å². The van der Waals surface area contributed by atoms with Crippen LogP contribution in [0.4, 0.5) is 0 Å². The lowest BCUT2D eigenvalue weighted by molar-refractivity contribution is -0.338. The lowest BCUT2D eigenvalue weighted by Gasteiger charge is -2.53. The third kappa shape index (κ3) is 0.972. The van der Waals surface area contributed by atoms with Crippen LogP contribution >= 0.6 is 0 Å². The number of hydrogen-bond donors (Lipinski definition) is 6. The molecular weight excluding hydrogens is 168 g/mol. The molecular formula is C6H12O6. The monoisotopic (exact) mass is 180 g/mol. The number of aliphatic hydroxyl groups is 6. The molecule has 6 heteroatoms. The predicted molar refractivity (Wildman–Crippen MR) is 35.8 cm³/mol. The van der Waals surface area contributed by atoms with E-state index in [1.54, 1.807) is 0 Å². The molecule has 0 aliphatic heterocycles. The topological polar surface area (TPSA) is 121 Å². The van der Waals surface area contributed by atoms with Gasteiger partial charge in [-0.3, -0.25) is 0 Å². The third-order valence-electron chi connectivity index (χ3n) is 2.41. The molecule has 6 N–H and O–H groups in total. The fourth-order valence-electron chi connectivity index (χ4n) is 1.47. The first-order valence-electron chi connectivity index (χ1n) is 3.51. The van der Waals surface area contributed by atoms with Crippen molar-refractivity contribution >= 4 is 0 Å². The highest BCUT2D eigenvalue weighted by atomic mass is 16.5. The van der Waals surface area contributed by atoms with Gasteiger partial charge in [0, 0.05) is 5.92 Å². The smallest absolute Gasteiger partial charge is 0.184 e. The van der Waals surface area contributed by atoms with E-state index in [4.69, 9.17) is 25.5 Å². The lowest BCUT2D eigenvalue weighted by Crippen LogP contribution is -2.75. The van der Waals surface area contributed by atoms with Crippen molar-refractivity contribution < 1.29 is 30.6 Å². The first-order chi connectivity index (χ1) is 5.46. The summed E-state index contributed by atoms with van der Waals surface area (Å²) in [4.78, 5) is 0. The Balaban J connectivity index is 2.76. The highest BCUT2D eigenvalue weighted by Gasteiger charge is 2.64. The number of aliphatic hydroxyl groups excluding tert-OH is 4. The normalized spacial score (nSPS) is 47.8. The molecule has 0 aromatic rings. The van der Waals surface area contributed by atoms with Gasteiger partial charge in [-0.2, -0.15) is 0 Å². The van der Waals surface area contributed by atoms with Crippen molar-refractivity contribution in [2.24, 2.45) is 5.92 Å². The van der Waals surface area contributed by atoms with Crippen molar-refractivity contribution in [2.45, 2.75) is 24.1 Å². The summed E-state index contributed by atoms with van der Waals surface area (Å²) in [7, 11) is 0. The first kappa shape index (κ1) is 9.85. The molecule has 6 nitrogen and oxygen atoms in total. The van der Waals surface area contributed by atoms with E-state index >= 15 is 0 Å². The Bertz CT molecular complexity index is 171. The van der Waals surface area contributed by atoms with Gasteiger partial charge < -0.3 is 30.6 Å². The highest BCUT2D eigenvalue weighted by Crippen LogP contribution is 2.40. The maximum atomic E-state index is 9.32. The van der Waals surface area contributed by atoms with Crippen LogP contribution in [-0.2, 0) is 0 Å². The van der Waals surface area contributed by atoms with Gasteiger partial charge in [-0.05, 0) is 0 Å². The lowest BCUT2D eigenvalue weighted by atomic mass is 9.64. The van der Waals surface area contributed by atoms with Crippen LogP contribution in [0.15, 0.2) is 0 Å². The molecule has 0 heterocycles. The van der Waals surface area contributed by atoms with E-state index in [1.165, 1.54) is 0 Å². The molecule has 12 heavy (non-hydrogen) atoms. The van der Waals surface area contributed by atoms with Crippen LogP contribution in [0, 0.1) is 5.92 Å². The zero-order chi connectivity index (χ0) is 9.52. The second-order valence-corrected chi connectivity index (χ2v) is 2.99. The van der Waals surface area contributed by atoms with Crippen molar-refractivity contribution in [1.82, 2.24) is 0 Å². The van der Waals surface area contributed by atoms with Crippen LogP contribution in [0.25, 0.3) is 0 Å². The van der Waals surface area contributed by atoms with Crippen LogP contribution in [0.3, 0.4) is 0 Å². The largest absolute Gasteiger partial charge is 0.396 e. The molecule has 0 aromatic carbocycles. The summed E-state index contributed by atoms with van der Waals surface area (Å²) in [5.41, 5.74) is -2.21. The van der Waals surface area contributed by atoms with Crippen LogP contribution in [0.1, 0.15) is 0 Å². The number of rotatable bonds is 2. The van der Waals surface area contributed by atoms with Crippen molar-refractivity contribution in [3.05, 3.63) is 0 Å². The van der Waals surface area contributed by atoms with Crippen LogP contribution < -0.4 is 0 Å². The van der Waals surface area contributed by atoms with Crippen LogP contribution in [0.5, 0.6) is 0 Å². The van der Waals surface area contributed by atoms with Crippen LogP contribution in [-0.4, -0.2) is 61.3 Å². The van der Waals surface area contributed by atoms with E-state index in [0.717, 1.165) is 0 Å². The molecule has 0 spiro atoms. The Morgan fingerprint density at radius 2 is 1.75 bits per heavy atom. The molecule has 1 aliphatic rings. The Kier molecular flexibility index (Phi) is 2.39. The molecule has 0 saturated heterocycles. The van der Waals surface area contributed by atoms with Gasteiger partial charge in [-0.15, -0.1) is 0 Å². The molecule has 0 aromatic heterocycles. The fourth-order valence-corrected chi connectivity index (χ4v) is 1.47. The van der Waals surface area contributed by atoms with E-state index < -0.39 is 36.6 Å². The maximum absolute atomic E-state index is 9.32. The summed E-state index contributed by atoms with van der Waals surface area (Å²) in [6.45, 7) is -0.619. The maximum Gasteiger partial charge on any atom is 0.184 e. The van der Waals surface area contributed by atoms with E-state index in [2.05, 4.69) is 0 Å². The van der Waals surface area contributed by atoms with Gasteiger partial charge >= 0.3 is 0 Å². The average Bonchev–Trinajstić information content (AvgIpc) is 2.04. The summed E-state index contributed by atoms with van der Waals surface area (Å²) in [5, 5.41) is 53.2. The second-order valence-electron chi connectivity index (χ2n) is 2.99. The minimum atomic E-state index is -2.21. The summed E-state index contributed by atoms with van der Waals surface area (Å²) in [5.74, 6) is -1.12. The number of hydrogen-bond acceptors (Lipinski definition) is 6. The second kappa shape index (κ2) is 2.91. The van der Waals surface area contributed by atoms with E-state index in [9.17, 15) is 5.11 Å². The molecule has 0 amide bonds. The Morgan fingerprint density at radius 3 is 2.00 bits per heavy atom. The van der Waals surface area contributed by atoms with Gasteiger partial charge in [0.05, 0.1) is 12.7 Å². The van der Waals surface area contributed by atoms with E-state index in [0.29, 0.717) is 0 Å². The summed E-state index contributed by atoms with van der Waals surface area (Å²) < 4.78 is 0. The molecule has 3 unspecified atom stereocenters. The molecule has 0 bridgehead atoms. The molecule has 1 saturated carbocycles. The Hall–Kier alpha value is -0.240. The molecule has 4 atom stereocenters. The molecule has 1 rings (SSSR count). The summed E-state index contributed by atoms with van der Waals surface area (Å²) in [6.07, 6.45) is -5.12. The minimum absolute atomic E-state index is 0.619. The quantitative estimate of drug-likeness (QED) is 0.244. The summed E-state index contributed by atoms with van der Waals surface area (Å²) >= 11 is 0. The first-order valence-corrected chi connectivity index (χ1v) is 3.51. The molecule has 1 aliphatic carbocycles. The van der Waals surface area contributed by atoms with Crippen LogP contribution in [0.2, 0.25) is 0 Å². The van der Waals surface area contributed by atoms with Gasteiger partial charge in [0.1, 0.15) is 6.10 Å². The van der Waals surface area contributed by atoms with Crippen molar-refractivity contribution in [3.63, 3.8) is 0 Å². The minimum Gasteiger partial charge on any atom is -0.396 e. The third-order valence-corrected chi connectivity index (χ3v) is 2.41. The SMILES string of the molecule is OCC1[C@@H](O)C(O)C1(O)C(O)O. The predicted octanol–water partition coefficient (Wildman–Crippen LogP) is -3.63. The molecule has 72 valence electrons. The van der Waals surface area contributed by atoms with Crippen molar-refractivity contribution in [3.8, 4) is 0 Å². The fraction of sp³-hybridized carbons (Fsp3) is 1.00. The van der Waals surface area contributed by atoms with Gasteiger partial charge in [0.25, 0.3) is 0 Å². The van der Waals surface area contributed by atoms with E-state index in [1.807, 2.05) is 0 Å². The zero-order valence-corrected chi connectivity index (χ0v) is 6.20. The summed E-state index contributed by atoms with van der Waals surface area (Å²) in [6, 6.07) is 0. The van der Waals surface area contributed by atoms with E-state index in [-0.39, 0.29) is 0 Å². The van der Waals surface area contributed by atoms with Gasteiger partial charge in [0.2, 0.25) is 0 Å².